The van der Waals surface area contributed by atoms with E-state index in [9.17, 15) is 10.4 Å². The largest absolute Gasteiger partial charge is 0.395 e. The fourth-order valence-electron chi connectivity index (χ4n) is 2.36. The molecule has 4 nitrogen and oxygen atoms in total. The maximum atomic E-state index is 9.26. The van der Waals surface area contributed by atoms with Crippen LogP contribution >= 0.6 is 0 Å². The zero-order valence-corrected chi connectivity index (χ0v) is 11.6. The molecule has 0 unspecified atom stereocenters. The van der Waals surface area contributed by atoms with Crippen molar-refractivity contribution in [2.24, 2.45) is 0 Å². The van der Waals surface area contributed by atoms with E-state index in [1.807, 2.05) is 12.1 Å². The molecule has 0 aromatic heterocycles. The first kappa shape index (κ1) is 15.5. The Bertz CT molecular complexity index is 436. The Hall–Kier alpha value is -1.57. The summed E-state index contributed by atoms with van der Waals surface area (Å²) in [5.41, 5.74) is 2.11. The summed E-state index contributed by atoms with van der Waals surface area (Å²) in [6.45, 7) is 4.71. The Morgan fingerprint density at radius 3 is 2.42 bits per heavy atom. The van der Waals surface area contributed by atoms with Gasteiger partial charge in [0.2, 0.25) is 0 Å². The zero-order chi connectivity index (χ0) is 14.3. The minimum atomic E-state index is -0.0695. The van der Waals surface area contributed by atoms with Gasteiger partial charge in [-0.3, -0.25) is 0 Å². The number of aliphatic hydroxyl groups excluding tert-OH is 2. The average molecular weight is 262 g/mol. The second kappa shape index (κ2) is 7.78. The topological polar surface area (TPSA) is 67.5 Å². The van der Waals surface area contributed by atoms with Crippen molar-refractivity contribution in [2.75, 3.05) is 18.1 Å². The molecular weight excluding hydrogens is 240 g/mol. The summed E-state index contributed by atoms with van der Waals surface area (Å²) in [5, 5.41) is 27.6. The average Bonchev–Trinajstić information content (AvgIpc) is 2.46. The lowest BCUT2D eigenvalue weighted by Gasteiger charge is -2.33. The lowest BCUT2D eigenvalue weighted by Crippen LogP contribution is -2.37. The zero-order valence-electron chi connectivity index (χ0n) is 11.6. The molecule has 0 heterocycles. The summed E-state index contributed by atoms with van der Waals surface area (Å²) in [6.07, 6.45) is 1.92. The van der Waals surface area contributed by atoms with Crippen molar-refractivity contribution < 1.29 is 10.2 Å². The van der Waals surface area contributed by atoms with E-state index in [0.717, 1.165) is 24.1 Å². The Kier molecular flexibility index (Phi) is 6.34. The molecule has 0 spiro atoms. The molecule has 0 saturated heterocycles. The van der Waals surface area contributed by atoms with Gasteiger partial charge >= 0.3 is 0 Å². The number of benzene rings is 1. The molecule has 0 fully saturated rings. The highest BCUT2D eigenvalue weighted by Crippen LogP contribution is 2.25. The molecule has 0 aliphatic heterocycles. The van der Waals surface area contributed by atoms with Crippen LogP contribution in [0.1, 0.15) is 37.8 Å². The molecular formula is C15H22N2O2. The van der Waals surface area contributed by atoms with Crippen molar-refractivity contribution in [1.29, 1.82) is 5.26 Å². The van der Waals surface area contributed by atoms with Gasteiger partial charge < -0.3 is 15.1 Å². The first-order valence-electron chi connectivity index (χ1n) is 6.73. The second-order valence-corrected chi connectivity index (χ2v) is 4.51. The summed E-state index contributed by atoms with van der Waals surface area (Å²) in [7, 11) is 0. The number of aliphatic hydroxyl groups is 2. The molecule has 1 rings (SSSR count). The van der Waals surface area contributed by atoms with Crippen molar-refractivity contribution >= 4 is 5.69 Å². The molecule has 4 heteroatoms. The van der Waals surface area contributed by atoms with E-state index in [1.54, 1.807) is 6.07 Å². The number of hydrogen-bond acceptors (Lipinski definition) is 4. The summed E-state index contributed by atoms with van der Waals surface area (Å²) in [5.74, 6) is 0. The van der Waals surface area contributed by atoms with E-state index in [4.69, 9.17) is 5.11 Å². The SMILES string of the molecule is CCC(CC)N(CCO)c1ccc(CO)cc1C#N. The quantitative estimate of drug-likeness (QED) is 0.789. The van der Waals surface area contributed by atoms with Gasteiger partial charge in [-0.15, -0.1) is 0 Å². The lowest BCUT2D eigenvalue weighted by molar-refractivity contribution is 0.281. The van der Waals surface area contributed by atoms with Crippen LogP contribution in [0.3, 0.4) is 0 Å². The van der Waals surface area contributed by atoms with Gasteiger partial charge in [-0.05, 0) is 30.5 Å². The molecule has 0 atom stereocenters. The summed E-state index contributed by atoms with van der Waals surface area (Å²) < 4.78 is 0. The van der Waals surface area contributed by atoms with Gasteiger partial charge in [0.1, 0.15) is 6.07 Å². The van der Waals surface area contributed by atoms with E-state index in [-0.39, 0.29) is 13.2 Å². The normalized spacial score (nSPS) is 10.5. The van der Waals surface area contributed by atoms with E-state index in [1.165, 1.54) is 0 Å². The minimum absolute atomic E-state index is 0.0587. The predicted molar refractivity (Wildman–Crippen MR) is 75.9 cm³/mol. The van der Waals surface area contributed by atoms with Gasteiger partial charge in [-0.25, -0.2) is 0 Å². The molecule has 0 amide bonds. The molecule has 0 aliphatic carbocycles. The highest BCUT2D eigenvalue weighted by atomic mass is 16.3. The smallest absolute Gasteiger partial charge is 0.101 e. The van der Waals surface area contributed by atoms with Crippen LogP contribution in [0.4, 0.5) is 5.69 Å². The van der Waals surface area contributed by atoms with Gasteiger partial charge in [0.15, 0.2) is 0 Å². The van der Waals surface area contributed by atoms with Crippen LogP contribution in [0, 0.1) is 11.3 Å². The first-order chi connectivity index (χ1) is 9.21. The predicted octanol–water partition coefficient (Wildman–Crippen LogP) is 2.04. The summed E-state index contributed by atoms with van der Waals surface area (Å²) in [6, 6.07) is 7.87. The highest BCUT2D eigenvalue weighted by molar-refractivity contribution is 5.61. The third kappa shape index (κ3) is 3.69. The number of nitriles is 1. The molecule has 19 heavy (non-hydrogen) atoms. The first-order valence-corrected chi connectivity index (χ1v) is 6.73. The molecule has 104 valence electrons. The molecule has 2 N–H and O–H groups in total. The molecule has 1 aromatic carbocycles. The van der Waals surface area contributed by atoms with Crippen LogP contribution in [-0.4, -0.2) is 29.4 Å². The second-order valence-electron chi connectivity index (χ2n) is 4.51. The fourth-order valence-corrected chi connectivity index (χ4v) is 2.36. The van der Waals surface area contributed by atoms with Crippen LogP contribution in [-0.2, 0) is 6.61 Å². The van der Waals surface area contributed by atoms with Gasteiger partial charge in [-0.2, -0.15) is 5.26 Å². The van der Waals surface area contributed by atoms with Gasteiger partial charge in [0, 0.05) is 12.6 Å². The monoisotopic (exact) mass is 262 g/mol. The van der Waals surface area contributed by atoms with Crippen LogP contribution < -0.4 is 4.90 Å². The van der Waals surface area contributed by atoms with Crippen LogP contribution in [0.5, 0.6) is 0 Å². The fraction of sp³-hybridized carbons (Fsp3) is 0.533. The minimum Gasteiger partial charge on any atom is -0.395 e. The van der Waals surface area contributed by atoms with Crippen molar-refractivity contribution in [3.63, 3.8) is 0 Å². The Labute approximate surface area is 114 Å². The van der Waals surface area contributed by atoms with Crippen molar-refractivity contribution in [3.8, 4) is 6.07 Å². The number of rotatable bonds is 7. The van der Waals surface area contributed by atoms with Crippen molar-refractivity contribution in [1.82, 2.24) is 0 Å². The maximum absolute atomic E-state index is 9.26. The van der Waals surface area contributed by atoms with Crippen LogP contribution in [0.25, 0.3) is 0 Å². The van der Waals surface area contributed by atoms with Crippen molar-refractivity contribution in [2.45, 2.75) is 39.3 Å². The van der Waals surface area contributed by atoms with Crippen LogP contribution in [0.15, 0.2) is 18.2 Å². The Morgan fingerprint density at radius 2 is 1.95 bits per heavy atom. The molecule has 1 aromatic rings. The lowest BCUT2D eigenvalue weighted by atomic mass is 10.0. The summed E-state index contributed by atoms with van der Waals surface area (Å²) >= 11 is 0. The Morgan fingerprint density at radius 1 is 1.26 bits per heavy atom. The third-order valence-electron chi connectivity index (χ3n) is 3.40. The molecule has 0 bridgehead atoms. The third-order valence-corrected chi connectivity index (χ3v) is 3.40. The molecule has 0 radical (unpaired) electrons. The van der Waals surface area contributed by atoms with Gasteiger partial charge in [0.25, 0.3) is 0 Å². The van der Waals surface area contributed by atoms with Gasteiger partial charge in [-0.1, -0.05) is 19.9 Å². The van der Waals surface area contributed by atoms with E-state index in [2.05, 4.69) is 24.8 Å². The summed E-state index contributed by atoms with van der Waals surface area (Å²) in [4.78, 5) is 2.08. The molecule has 0 aliphatic rings. The van der Waals surface area contributed by atoms with Crippen LogP contribution in [0.2, 0.25) is 0 Å². The van der Waals surface area contributed by atoms with E-state index < -0.39 is 0 Å². The standard InChI is InChI=1S/C15H22N2O2/c1-3-14(4-2)17(7-8-18)15-6-5-12(11-19)9-13(15)10-16/h5-6,9,14,18-19H,3-4,7-8,11H2,1-2H3. The maximum Gasteiger partial charge on any atom is 0.101 e. The number of nitrogens with zero attached hydrogens (tertiary/aromatic N) is 2. The van der Waals surface area contributed by atoms with E-state index >= 15 is 0 Å². The highest BCUT2D eigenvalue weighted by Gasteiger charge is 2.18. The number of anilines is 1. The van der Waals surface area contributed by atoms with Gasteiger partial charge in [0.05, 0.1) is 24.5 Å². The van der Waals surface area contributed by atoms with Crippen molar-refractivity contribution in [3.05, 3.63) is 29.3 Å². The van der Waals surface area contributed by atoms with E-state index in [0.29, 0.717) is 18.2 Å². The Balaban J connectivity index is 3.18. The molecule has 0 saturated carbocycles. The number of hydrogen-bond donors (Lipinski definition) is 2.